The van der Waals surface area contributed by atoms with Crippen molar-refractivity contribution in [1.82, 2.24) is 14.9 Å². The number of benzene rings is 1. The van der Waals surface area contributed by atoms with Crippen LogP contribution in [0.1, 0.15) is 42.6 Å². The highest BCUT2D eigenvalue weighted by Gasteiger charge is 2.12. The van der Waals surface area contributed by atoms with Crippen LogP contribution in [0.2, 0.25) is 0 Å². The number of rotatable bonds is 8. The quantitative estimate of drug-likeness (QED) is 0.609. The number of carbonyl (C=O) groups is 1. The lowest BCUT2D eigenvalue weighted by Crippen LogP contribution is -2.25. The van der Waals surface area contributed by atoms with E-state index in [1.165, 1.54) is 0 Å². The molecule has 1 N–H and O–H groups in total. The normalized spacial score (nSPS) is 11.0. The highest BCUT2D eigenvalue weighted by molar-refractivity contribution is 5.92. The molecule has 0 radical (unpaired) electrons. The van der Waals surface area contributed by atoms with E-state index in [1.807, 2.05) is 36.7 Å². The Morgan fingerprint density at radius 1 is 1.22 bits per heavy atom. The zero-order chi connectivity index (χ0) is 19.2. The molecule has 6 heteroatoms. The Morgan fingerprint density at radius 2 is 2.00 bits per heavy atom. The van der Waals surface area contributed by atoms with Gasteiger partial charge in [0.25, 0.3) is 5.91 Å². The maximum absolute atomic E-state index is 12.3. The largest absolute Gasteiger partial charge is 0.497 e. The summed E-state index contributed by atoms with van der Waals surface area (Å²) >= 11 is 0. The number of carbonyl (C=O) groups excluding carboxylic acids is 1. The van der Waals surface area contributed by atoms with E-state index in [0.717, 1.165) is 30.1 Å². The highest BCUT2D eigenvalue weighted by atomic mass is 16.5. The number of amides is 1. The summed E-state index contributed by atoms with van der Waals surface area (Å²) in [5.74, 6) is 2.99. The van der Waals surface area contributed by atoms with E-state index in [4.69, 9.17) is 9.15 Å². The van der Waals surface area contributed by atoms with Crippen molar-refractivity contribution in [2.45, 2.75) is 32.7 Å². The first-order valence-corrected chi connectivity index (χ1v) is 9.12. The molecule has 0 bridgehead atoms. The molecule has 0 atom stereocenters. The third kappa shape index (κ3) is 4.58. The van der Waals surface area contributed by atoms with Crippen LogP contribution < -0.4 is 10.1 Å². The van der Waals surface area contributed by atoms with E-state index in [-0.39, 0.29) is 5.91 Å². The smallest absolute Gasteiger partial charge is 0.287 e. The molecule has 142 valence electrons. The minimum absolute atomic E-state index is 0.204. The average molecular weight is 367 g/mol. The first-order chi connectivity index (χ1) is 13.1. The number of methoxy groups -OCH3 is 1. The molecule has 27 heavy (non-hydrogen) atoms. The zero-order valence-corrected chi connectivity index (χ0v) is 15.9. The fraction of sp³-hybridized carbons (Fsp3) is 0.333. The zero-order valence-electron chi connectivity index (χ0n) is 15.9. The minimum atomic E-state index is -0.204. The fourth-order valence-corrected chi connectivity index (χ4v) is 2.92. The summed E-state index contributed by atoms with van der Waals surface area (Å²) in [5, 5.41) is 2.91. The first-order valence-electron chi connectivity index (χ1n) is 9.12. The first kappa shape index (κ1) is 18.8. The fourth-order valence-electron chi connectivity index (χ4n) is 2.92. The second-order valence-electron chi connectivity index (χ2n) is 6.64. The van der Waals surface area contributed by atoms with Crippen molar-refractivity contribution < 1.29 is 13.9 Å². The Bertz CT molecular complexity index is 878. The van der Waals surface area contributed by atoms with E-state index in [1.54, 1.807) is 19.2 Å². The van der Waals surface area contributed by atoms with Gasteiger partial charge in [-0.3, -0.25) is 4.79 Å². The maximum atomic E-state index is 12.3. The predicted octanol–water partition coefficient (Wildman–Crippen LogP) is 4.10. The van der Waals surface area contributed by atoms with E-state index in [2.05, 4.69) is 28.7 Å². The van der Waals surface area contributed by atoms with Crippen molar-refractivity contribution in [3.63, 3.8) is 0 Å². The number of nitrogens with one attached hydrogen (secondary N) is 1. The van der Waals surface area contributed by atoms with Crippen LogP contribution in [0.3, 0.4) is 0 Å². The third-order valence-electron chi connectivity index (χ3n) is 4.33. The molecule has 2 aromatic heterocycles. The van der Waals surface area contributed by atoms with Gasteiger partial charge in [-0.1, -0.05) is 13.8 Å². The van der Waals surface area contributed by atoms with Crippen LogP contribution in [0.25, 0.3) is 11.3 Å². The van der Waals surface area contributed by atoms with Gasteiger partial charge in [-0.2, -0.15) is 0 Å². The monoisotopic (exact) mass is 367 g/mol. The Morgan fingerprint density at radius 3 is 2.70 bits per heavy atom. The molecule has 0 saturated carbocycles. The van der Waals surface area contributed by atoms with Crippen molar-refractivity contribution >= 4 is 5.91 Å². The van der Waals surface area contributed by atoms with Crippen molar-refractivity contribution in [1.29, 1.82) is 0 Å². The SMILES string of the molecule is COc1ccc(-c2ccc(C(=O)NCCCn3ccnc3C(C)C)o2)cc1. The molecule has 1 aromatic carbocycles. The molecule has 3 rings (SSSR count). The molecule has 0 aliphatic rings. The molecule has 2 heterocycles. The van der Waals surface area contributed by atoms with Gasteiger partial charge in [-0.05, 0) is 42.8 Å². The van der Waals surface area contributed by atoms with Crippen LogP contribution in [0.4, 0.5) is 0 Å². The Hall–Kier alpha value is -3.02. The van der Waals surface area contributed by atoms with Crippen LogP contribution in [0, 0.1) is 0 Å². The van der Waals surface area contributed by atoms with Gasteiger partial charge in [-0.15, -0.1) is 0 Å². The Balaban J connectivity index is 1.51. The van der Waals surface area contributed by atoms with Gasteiger partial charge in [0, 0.05) is 37.0 Å². The van der Waals surface area contributed by atoms with Gasteiger partial charge in [0.1, 0.15) is 17.3 Å². The second-order valence-corrected chi connectivity index (χ2v) is 6.64. The molecule has 0 aliphatic heterocycles. The number of nitrogens with zero attached hydrogens (tertiary/aromatic N) is 2. The molecule has 1 amide bonds. The summed E-state index contributed by atoms with van der Waals surface area (Å²) in [6, 6.07) is 11.0. The molecular weight excluding hydrogens is 342 g/mol. The summed E-state index contributed by atoms with van der Waals surface area (Å²) in [5.41, 5.74) is 0.899. The van der Waals surface area contributed by atoms with Crippen LogP contribution in [0.15, 0.2) is 53.2 Å². The van der Waals surface area contributed by atoms with E-state index < -0.39 is 0 Å². The number of imidazole rings is 1. The van der Waals surface area contributed by atoms with Gasteiger partial charge in [0.15, 0.2) is 5.76 Å². The number of ether oxygens (including phenoxy) is 1. The lowest BCUT2D eigenvalue weighted by Gasteiger charge is -2.10. The highest BCUT2D eigenvalue weighted by Crippen LogP contribution is 2.24. The van der Waals surface area contributed by atoms with Crippen LogP contribution in [-0.2, 0) is 6.54 Å². The van der Waals surface area contributed by atoms with Crippen molar-refractivity contribution in [3.05, 3.63) is 60.4 Å². The number of aromatic nitrogens is 2. The van der Waals surface area contributed by atoms with E-state index in [9.17, 15) is 4.79 Å². The van der Waals surface area contributed by atoms with Crippen molar-refractivity contribution in [2.75, 3.05) is 13.7 Å². The van der Waals surface area contributed by atoms with Crippen LogP contribution in [0.5, 0.6) is 5.75 Å². The van der Waals surface area contributed by atoms with Crippen molar-refractivity contribution in [2.24, 2.45) is 0 Å². The number of aryl methyl sites for hydroxylation is 1. The van der Waals surface area contributed by atoms with E-state index >= 15 is 0 Å². The van der Waals surface area contributed by atoms with Gasteiger partial charge in [-0.25, -0.2) is 4.98 Å². The van der Waals surface area contributed by atoms with Crippen LogP contribution >= 0.6 is 0 Å². The standard InChI is InChI=1S/C21H25N3O3/c1-15(2)20-22-12-14-24(20)13-4-11-23-21(25)19-10-9-18(27-19)16-5-7-17(26-3)8-6-16/h5-10,12,14-15H,4,11,13H2,1-3H3,(H,23,25). The van der Waals surface area contributed by atoms with Gasteiger partial charge in [0.2, 0.25) is 0 Å². The third-order valence-corrected chi connectivity index (χ3v) is 4.33. The lowest BCUT2D eigenvalue weighted by molar-refractivity contribution is 0.0926. The molecule has 3 aromatic rings. The topological polar surface area (TPSA) is 69.3 Å². The molecule has 0 fully saturated rings. The average Bonchev–Trinajstić information content (AvgIpc) is 3.35. The molecule has 0 spiro atoms. The lowest BCUT2D eigenvalue weighted by atomic mass is 10.2. The molecule has 0 unspecified atom stereocenters. The summed E-state index contributed by atoms with van der Waals surface area (Å²) < 4.78 is 13.0. The number of hydrogen-bond donors (Lipinski definition) is 1. The maximum Gasteiger partial charge on any atom is 0.287 e. The molecule has 0 aliphatic carbocycles. The van der Waals surface area contributed by atoms with Crippen molar-refractivity contribution in [3.8, 4) is 17.1 Å². The van der Waals surface area contributed by atoms with Gasteiger partial charge >= 0.3 is 0 Å². The molecule has 6 nitrogen and oxygen atoms in total. The number of hydrogen-bond acceptors (Lipinski definition) is 4. The summed E-state index contributed by atoms with van der Waals surface area (Å²) in [4.78, 5) is 16.7. The van der Waals surface area contributed by atoms with Crippen LogP contribution in [-0.4, -0.2) is 29.1 Å². The Kier molecular flexibility index (Phi) is 5.96. The van der Waals surface area contributed by atoms with Gasteiger partial charge < -0.3 is 19.0 Å². The predicted molar refractivity (Wildman–Crippen MR) is 104 cm³/mol. The second kappa shape index (κ2) is 8.58. The van der Waals surface area contributed by atoms with Gasteiger partial charge in [0.05, 0.1) is 7.11 Å². The summed E-state index contributed by atoms with van der Waals surface area (Å²) in [6.07, 6.45) is 4.62. The number of furan rings is 1. The summed E-state index contributed by atoms with van der Waals surface area (Å²) in [6.45, 7) is 5.64. The van der Waals surface area contributed by atoms with E-state index in [0.29, 0.717) is 24.0 Å². The summed E-state index contributed by atoms with van der Waals surface area (Å²) in [7, 11) is 1.63. The Labute approximate surface area is 159 Å². The minimum Gasteiger partial charge on any atom is -0.497 e. The molecular formula is C21H25N3O3. The molecule has 0 saturated heterocycles.